The Balaban J connectivity index is 1.86. The van der Waals surface area contributed by atoms with E-state index in [1.165, 1.54) is 6.07 Å². The van der Waals surface area contributed by atoms with Crippen molar-refractivity contribution in [2.45, 2.75) is 19.3 Å². The van der Waals surface area contributed by atoms with Crippen LogP contribution in [0.25, 0.3) is 0 Å². The smallest absolute Gasteiger partial charge is 0.222 e. The van der Waals surface area contributed by atoms with Crippen molar-refractivity contribution in [2.75, 3.05) is 20.1 Å². The molecule has 0 radical (unpaired) electrons. The van der Waals surface area contributed by atoms with E-state index in [9.17, 15) is 4.39 Å². The summed E-state index contributed by atoms with van der Waals surface area (Å²) in [6.45, 7) is 3.89. The van der Waals surface area contributed by atoms with E-state index in [1.54, 1.807) is 24.3 Å². The summed E-state index contributed by atoms with van der Waals surface area (Å²) in [5.41, 5.74) is 0.834. The van der Waals surface area contributed by atoms with Gasteiger partial charge in [-0.2, -0.15) is 4.98 Å². The van der Waals surface area contributed by atoms with Crippen LogP contribution in [-0.4, -0.2) is 35.0 Å². The van der Waals surface area contributed by atoms with E-state index in [0.717, 1.165) is 31.0 Å². The molecule has 1 aliphatic heterocycles. The lowest BCUT2D eigenvalue weighted by Crippen LogP contribution is -2.14. The second kappa shape index (κ2) is 5.77. The third kappa shape index (κ3) is 3.19. The third-order valence-electron chi connectivity index (χ3n) is 3.66. The predicted molar refractivity (Wildman–Crippen MR) is 78.1 cm³/mol. The molecule has 1 aromatic carbocycles. The molecule has 1 unspecified atom stereocenters. The average Bonchev–Trinajstić information content (AvgIpc) is 2.88. The molecule has 110 valence electrons. The number of para-hydroxylation sites is 1. The number of hydrogen-bond acceptors (Lipinski definition) is 4. The third-order valence-corrected chi connectivity index (χ3v) is 3.66. The van der Waals surface area contributed by atoms with E-state index in [2.05, 4.69) is 21.9 Å². The van der Waals surface area contributed by atoms with Gasteiger partial charge in [0.05, 0.1) is 0 Å². The molecule has 0 amide bonds. The molecule has 1 aliphatic rings. The Kier molecular flexibility index (Phi) is 3.84. The molecule has 1 fully saturated rings. The molecular weight excluding hydrogens is 269 g/mol. The molecule has 5 heteroatoms. The molecule has 4 nitrogen and oxygen atoms in total. The number of likely N-dealkylation sites (N-methyl/N-ethyl adjacent to an activating group) is 1. The minimum atomic E-state index is -0.393. The summed E-state index contributed by atoms with van der Waals surface area (Å²) in [4.78, 5) is 11.2. The Morgan fingerprint density at radius 3 is 2.81 bits per heavy atom. The van der Waals surface area contributed by atoms with Crippen LogP contribution >= 0.6 is 0 Å². The summed E-state index contributed by atoms with van der Waals surface area (Å²) in [5.74, 6) is 1.29. The minimum Gasteiger partial charge on any atom is -0.436 e. The van der Waals surface area contributed by atoms with Crippen LogP contribution in [0.15, 0.2) is 30.3 Å². The monoisotopic (exact) mass is 287 g/mol. The van der Waals surface area contributed by atoms with Gasteiger partial charge in [0, 0.05) is 24.2 Å². The SMILES string of the molecule is Cc1cc(Oc2ccccc2F)nc(C2CCN(C)C2)n1. The van der Waals surface area contributed by atoms with Crippen LogP contribution in [0.3, 0.4) is 0 Å². The van der Waals surface area contributed by atoms with Crippen LogP contribution in [0, 0.1) is 12.7 Å². The van der Waals surface area contributed by atoms with Crippen molar-refractivity contribution in [3.63, 3.8) is 0 Å². The maximum absolute atomic E-state index is 13.7. The quantitative estimate of drug-likeness (QED) is 0.869. The first-order valence-corrected chi connectivity index (χ1v) is 7.08. The highest BCUT2D eigenvalue weighted by atomic mass is 19.1. The zero-order valence-electron chi connectivity index (χ0n) is 12.2. The minimum absolute atomic E-state index is 0.185. The van der Waals surface area contributed by atoms with Gasteiger partial charge in [0.2, 0.25) is 5.88 Å². The molecule has 0 aliphatic carbocycles. The molecule has 2 aromatic rings. The molecule has 3 rings (SSSR count). The maximum atomic E-state index is 13.7. The van der Waals surface area contributed by atoms with Gasteiger partial charge in [0.25, 0.3) is 0 Å². The molecule has 1 saturated heterocycles. The Bertz CT molecular complexity index is 647. The van der Waals surface area contributed by atoms with Crippen LogP contribution in [-0.2, 0) is 0 Å². The van der Waals surface area contributed by atoms with Gasteiger partial charge in [-0.25, -0.2) is 9.37 Å². The Labute approximate surface area is 123 Å². The largest absolute Gasteiger partial charge is 0.436 e. The summed E-state index contributed by atoms with van der Waals surface area (Å²) in [6.07, 6.45) is 1.04. The number of aromatic nitrogens is 2. The zero-order chi connectivity index (χ0) is 14.8. The van der Waals surface area contributed by atoms with Gasteiger partial charge in [-0.1, -0.05) is 12.1 Å². The topological polar surface area (TPSA) is 38.2 Å². The lowest BCUT2D eigenvalue weighted by Gasteiger charge is -2.12. The molecule has 0 N–H and O–H groups in total. The molecular formula is C16H18FN3O. The molecule has 21 heavy (non-hydrogen) atoms. The fourth-order valence-corrected chi connectivity index (χ4v) is 2.58. The van der Waals surface area contributed by atoms with Gasteiger partial charge in [-0.3, -0.25) is 0 Å². The first kappa shape index (κ1) is 13.9. The van der Waals surface area contributed by atoms with E-state index in [0.29, 0.717) is 11.8 Å². The highest BCUT2D eigenvalue weighted by molar-refractivity contribution is 5.29. The van der Waals surface area contributed by atoms with Crippen LogP contribution in [0.2, 0.25) is 0 Å². The lowest BCUT2D eigenvalue weighted by molar-refractivity contribution is 0.405. The zero-order valence-corrected chi connectivity index (χ0v) is 12.2. The first-order valence-electron chi connectivity index (χ1n) is 7.08. The second-order valence-electron chi connectivity index (χ2n) is 5.49. The van der Waals surface area contributed by atoms with Crippen LogP contribution in [0.5, 0.6) is 11.6 Å². The predicted octanol–water partition coefficient (Wildman–Crippen LogP) is 3.14. The van der Waals surface area contributed by atoms with E-state index in [-0.39, 0.29) is 5.75 Å². The number of ether oxygens (including phenoxy) is 1. The molecule has 0 spiro atoms. The lowest BCUT2D eigenvalue weighted by atomic mass is 10.1. The van der Waals surface area contributed by atoms with Crippen molar-refractivity contribution in [3.8, 4) is 11.6 Å². The van der Waals surface area contributed by atoms with Crippen molar-refractivity contribution in [3.05, 3.63) is 47.7 Å². The van der Waals surface area contributed by atoms with Crippen LogP contribution in [0.4, 0.5) is 4.39 Å². The van der Waals surface area contributed by atoms with E-state index < -0.39 is 5.82 Å². The van der Waals surface area contributed by atoms with Crippen molar-refractivity contribution < 1.29 is 9.13 Å². The van der Waals surface area contributed by atoms with Crippen molar-refractivity contribution in [1.29, 1.82) is 0 Å². The Hall–Kier alpha value is -2.01. The number of nitrogens with zero attached hydrogens (tertiary/aromatic N) is 3. The Morgan fingerprint density at radius 1 is 1.29 bits per heavy atom. The normalized spacial score (nSPS) is 18.9. The van der Waals surface area contributed by atoms with Gasteiger partial charge in [-0.15, -0.1) is 0 Å². The highest BCUT2D eigenvalue weighted by Gasteiger charge is 2.24. The number of benzene rings is 1. The molecule has 0 bridgehead atoms. The van der Waals surface area contributed by atoms with Crippen molar-refractivity contribution in [2.24, 2.45) is 0 Å². The number of likely N-dealkylation sites (tertiary alicyclic amines) is 1. The van der Waals surface area contributed by atoms with Crippen LogP contribution in [0.1, 0.15) is 23.9 Å². The van der Waals surface area contributed by atoms with Gasteiger partial charge in [0.15, 0.2) is 11.6 Å². The average molecular weight is 287 g/mol. The second-order valence-corrected chi connectivity index (χ2v) is 5.49. The summed E-state index contributed by atoms with van der Waals surface area (Å²) < 4.78 is 19.2. The number of aryl methyl sites for hydroxylation is 1. The summed E-state index contributed by atoms with van der Waals surface area (Å²) in [5, 5.41) is 0. The molecule has 0 saturated carbocycles. The van der Waals surface area contributed by atoms with Gasteiger partial charge < -0.3 is 9.64 Å². The fraction of sp³-hybridized carbons (Fsp3) is 0.375. The van der Waals surface area contributed by atoms with E-state index >= 15 is 0 Å². The van der Waals surface area contributed by atoms with Crippen molar-refractivity contribution in [1.82, 2.24) is 14.9 Å². The fourth-order valence-electron chi connectivity index (χ4n) is 2.58. The Morgan fingerprint density at radius 2 is 2.10 bits per heavy atom. The van der Waals surface area contributed by atoms with Crippen molar-refractivity contribution >= 4 is 0 Å². The summed E-state index contributed by atoms with van der Waals surface area (Å²) in [7, 11) is 2.09. The van der Waals surface area contributed by atoms with Crippen LogP contribution < -0.4 is 4.74 Å². The number of halogens is 1. The summed E-state index contributed by atoms with van der Waals surface area (Å²) in [6, 6.07) is 8.06. The molecule has 2 heterocycles. The number of rotatable bonds is 3. The maximum Gasteiger partial charge on any atom is 0.222 e. The summed E-state index contributed by atoms with van der Waals surface area (Å²) >= 11 is 0. The van der Waals surface area contributed by atoms with E-state index in [4.69, 9.17) is 4.74 Å². The molecule has 1 aromatic heterocycles. The van der Waals surface area contributed by atoms with Gasteiger partial charge in [0.1, 0.15) is 5.82 Å². The first-order chi connectivity index (χ1) is 10.1. The number of hydrogen-bond donors (Lipinski definition) is 0. The van der Waals surface area contributed by atoms with E-state index in [1.807, 2.05) is 6.92 Å². The molecule has 1 atom stereocenters. The van der Waals surface area contributed by atoms with Gasteiger partial charge >= 0.3 is 0 Å². The van der Waals surface area contributed by atoms with Gasteiger partial charge in [-0.05, 0) is 39.1 Å². The highest BCUT2D eigenvalue weighted by Crippen LogP contribution is 2.27. The standard InChI is InChI=1S/C16H18FN3O/c1-11-9-15(21-14-6-4-3-5-13(14)17)19-16(18-11)12-7-8-20(2)10-12/h3-6,9,12H,7-8,10H2,1-2H3.